The fraction of sp³-hybridized carbons (Fsp3) is 0.829. The average Bonchev–Trinajstić information content (AvgIpc) is 3.67. The minimum Gasteiger partial charge on any atom is -0.365 e. The van der Waals surface area contributed by atoms with Crippen LogP contribution in [0.4, 0.5) is 0 Å². The Labute approximate surface area is 290 Å². The highest BCUT2D eigenvalue weighted by Gasteiger charge is 2.47. The number of nitrogens with two attached hydrogens (primary N) is 1. The van der Waals surface area contributed by atoms with Crippen LogP contribution in [0.15, 0.2) is 4.99 Å². The molecule has 3 rings (SSSR count). The topological polar surface area (TPSA) is 206 Å². The third-order valence-corrected chi connectivity index (χ3v) is 10.4. The lowest BCUT2D eigenvalue weighted by atomic mass is 9.81. The summed E-state index contributed by atoms with van der Waals surface area (Å²) in [5.74, 6) is -0.826. The lowest BCUT2D eigenvalue weighted by molar-refractivity contribution is -0.525. The molecular weight excluding hydrogens is 630 g/mol. The number of nitro groups is 1. The second kappa shape index (κ2) is 20.8. The normalized spacial score (nSPS) is 21.7. The van der Waals surface area contributed by atoms with Crippen molar-refractivity contribution in [3.8, 4) is 0 Å². The van der Waals surface area contributed by atoms with Crippen molar-refractivity contribution in [3.05, 3.63) is 10.1 Å². The number of aldehydes is 1. The SMILES string of the molecule is CC(C)C[C@@H](C=O)NC(=O)[C@@H](CCCN=C(N)N[N+](=O)[O-])NC(=O)C(CCCCCCCCN1C(=O)C2CCCCC2C1=O)C1CCCC1. The number of hydrazine groups is 1. The Kier molecular flexibility index (Phi) is 16.9. The zero-order valence-corrected chi connectivity index (χ0v) is 29.5. The first kappa shape index (κ1) is 39.9. The second-order valence-corrected chi connectivity index (χ2v) is 14.6. The van der Waals surface area contributed by atoms with Crippen LogP contribution in [0.1, 0.15) is 129 Å². The Morgan fingerprint density at radius 2 is 1.49 bits per heavy atom. The van der Waals surface area contributed by atoms with Gasteiger partial charge in [0.25, 0.3) is 5.96 Å². The van der Waals surface area contributed by atoms with Crippen molar-refractivity contribution in [2.75, 3.05) is 13.1 Å². The van der Waals surface area contributed by atoms with E-state index in [1.165, 1.54) is 4.90 Å². The fourth-order valence-corrected chi connectivity index (χ4v) is 7.84. The molecule has 3 unspecified atom stereocenters. The first-order valence-electron chi connectivity index (χ1n) is 18.6. The molecule has 4 amide bonds. The molecule has 2 aliphatic carbocycles. The molecule has 0 aromatic rings. The van der Waals surface area contributed by atoms with Gasteiger partial charge >= 0.3 is 0 Å². The number of imide groups is 1. The Hall–Kier alpha value is -3.58. The Balaban J connectivity index is 1.49. The number of amides is 4. The number of likely N-dealkylation sites (tertiary alicyclic amines) is 1. The van der Waals surface area contributed by atoms with Crippen molar-refractivity contribution in [1.29, 1.82) is 0 Å². The summed E-state index contributed by atoms with van der Waals surface area (Å²) in [5, 5.41) is 15.5. The van der Waals surface area contributed by atoms with Gasteiger partial charge < -0.3 is 21.2 Å². The van der Waals surface area contributed by atoms with Gasteiger partial charge in [0, 0.05) is 19.0 Å². The molecule has 5 atom stereocenters. The first-order chi connectivity index (χ1) is 23.5. The van der Waals surface area contributed by atoms with E-state index >= 15 is 0 Å². The number of carbonyl (C=O) groups excluding carboxylic acids is 5. The summed E-state index contributed by atoms with van der Waals surface area (Å²) in [6.45, 7) is 4.55. The maximum atomic E-state index is 13.8. The van der Waals surface area contributed by atoms with Crippen LogP contribution in [-0.2, 0) is 24.0 Å². The van der Waals surface area contributed by atoms with Crippen molar-refractivity contribution >= 4 is 35.9 Å². The van der Waals surface area contributed by atoms with Gasteiger partial charge in [-0.2, -0.15) is 0 Å². The molecule has 5 N–H and O–H groups in total. The van der Waals surface area contributed by atoms with Gasteiger partial charge in [0.05, 0.1) is 17.9 Å². The average molecular weight is 690 g/mol. The summed E-state index contributed by atoms with van der Waals surface area (Å²) in [7, 11) is 0. The van der Waals surface area contributed by atoms with E-state index in [1.807, 2.05) is 13.8 Å². The van der Waals surface area contributed by atoms with Crippen molar-refractivity contribution in [3.63, 3.8) is 0 Å². The van der Waals surface area contributed by atoms with Crippen LogP contribution in [0.2, 0.25) is 0 Å². The van der Waals surface area contributed by atoms with Gasteiger partial charge in [-0.3, -0.25) is 24.1 Å². The van der Waals surface area contributed by atoms with Crippen LogP contribution in [0.25, 0.3) is 0 Å². The van der Waals surface area contributed by atoms with E-state index in [-0.39, 0.29) is 66.2 Å². The standard InChI is InChI=1S/C35H59N7O7/c1-24(2)22-26(23-43)38-32(45)30(19-13-20-37-35(36)40-42(48)49)39-31(44)27(25-14-8-9-15-25)16-7-5-3-4-6-12-21-41-33(46)28-17-10-11-18-29(28)34(41)47/h23-30H,3-22H2,1-2H3,(H,38,45)(H,39,44)(H3,36,37,40)/t26-,27?,28?,29?,30+/m0/s1. The van der Waals surface area contributed by atoms with E-state index in [4.69, 9.17) is 5.73 Å². The molecule has 3 aliphatic rings. The molecule has 0 bridgehead atoms. The molecule has 0 radical (unpaired) electrons. The molecule has 0 spiro atoms. The summed E-state index contributed by atoms with van der Waals surface area (Å²) in [4.78, 5) is 80.2. The third kappa shape index (κ3) is 13.0. The van der Waals surface area contributed by atoms with E-state index in [9.17, 15) is 34.1 Å². The van der Waals surface area contributed by atoms with Gasteiger partial charge in [-0.1, -0.05) is 77.1 Å². The zero-order valence-electron chi connectivity index (χ0n) is 29.5. The quantitative estimate of drug-likeness (QED) is 0.0248. The number of carbonyl (C=O) groups is 5. The van der Waals surface area contributed by atoms with Crippen LogP contribution in [0.5, 0.6) is 0 Å². The van der Waals surface area contributed by atoms with E-state index in [2.05, 4.69) is 15.6 Å². The number of hydrogen-bond donors (Lipinski definition) is 4. The maximum absolute atomic E-state index is 13.8. The summed E-state index contributed by atoms with van der Waals surface area (Å²) < 4.78 is 0. The smallest absolute Gasteiger partial charge is 0.251 e. The maximum Gasteiger partial charge on any atom is 0.251 e. The largest absolute Gasteiger partial charge is 0.365 e. The van der Waals surface area contributed by atoms with E-state index in [1.54, 1.807) is 5.43 Å². The van der Waals surface area contributed by atoms with Crippen LogP contribution in [0.3, 0.4) is 0 Å². The minimum atomic E-state index is -0.885. The van der Waals surface area contributed by atoms with Crippen molar-refractivity contribution in [2.24, 2.45) is 40.3 Å². The molecule has 49 heavy (non-hydrogen) atoms. The van der Waals surface area contributed by atoms with E-state index in [0.29, 0.717) is 25.7 Å². The van der Waals surface area contributed by atoms with Gasteiger partial charge in [-0.05, 0) is 69.6 Å². The highest BCUT2D eigenvalue weighted by molar-refractivity contribution is 6.05. The minimum absolute atomic E-state index is 0.0351. The number of nitrogens with zero attached hydrogens (tertiary/aromatic N) is 3. The number of guanidine groups is 1. The molecule has 1 aliphatic heterocycles. The molecule has 276 valence electrons. The number of nitrogens with one attached hydrogen (secondary N) is 3. The summed E-state index contributed by atoms with van der Waals surface area (Å²) in [6, 6.07) is -1.56. The van der Waals surface area contributed by atoms with E-state index in [0.717, 1.165) is 96.3 Å². The first-order valence-corrected chi connectivity index (χ1v) is 18.6. The van der Waals surface area contributed by atoms with Crippen molar-refractivity contribution in [2.45, 2.75) is 142 Å². The predicted molar refractivity (Wildman–Crippen MR) is 185 cm³/mol. The third-order valence-electron chi connectivity index (χ3n) is 10.4. The fourth-order valence-electron chi connectivity index (χ4n) is 7.84. The van der Waals surface area contributed by atoms with Crippen LogP contribution in [0, 0.1) is 39.7 Å². The summed E-state index contributed by atoms with van der Waals surface area (Å²) in [6.07, 6.45) is 16.0. The lowest BCUT2D eigenvalue weighted by Gasteiger charge is -2.27. The molecule has 1 saturated heterocycles. The van der Waals surface area contributed by atoms with Crippen LogP contribution >= 0.6 is 0 Å². The lowest BCUT2D eigenvalue weighted by Crippen LogP contribution is -2.52. The molecule has 1 heterocycles. The second-order valence-electron chi connectivity index (χ2n) is 14.6. The van der Waals surface area contributed by atoms with Crippen LogP contribution < -0.4 is 21.8 Å². The molecule has 14 heteroatoms. The highest BCUT2D eigenvalue weighted by atomic mass is 16.7. The van der Waals surface area contributed by atoms with Gasteiger partial charge in [0.15, 0.2) is 5.03 Å². The number of rotatable bonds is 22. The van der Waals surface area contributed by atoms with Crippen molar-refractivity contribution in [1.82, 2.24) is 21.0 Å². The Bertz CT molecular complexity index is 1130. The van der Waals surface area contributed by atoms with Crippen molar-refractivity contribution < 1.29 is 29.0 Å². The molecule has 3 fully saturated rings. The monoisotopic (exact) mass is 689 g/mol. The summed E-state index contributed by atoms with van der Waals surface area (Å²) >= 11 is 0. The summed E-state index contributed by atoms with van der Waals surface area (Å²) in [5.41, 5.74) is 7.28. The number of unbranched alkanes of at least 4 members (excludes halogenated alkanes) is 5. The Morgan fingerprint density at radius 1 is 0.898 bits per heavy atom. The number of aliphatic imine (C=N–C) groups is 1. The zero-order chi connectivity index (χ0) is 35.8. The number of hydrogen-bond acceptors (Lipinski definition) is 8. The van der Waals surface area contributed by atoms with Gasteiger partial charge in [0.2, 0.25) is 23.6 Å². The molecular formula is C35H59N7O7. The van der Waals surface area contributed by atoms with Gasteiger partial charge in [-0.25, -0.2) is 15.1 Å². The molecule has 14 nitrogen and oxygen atoms in total. The van der Waals surface area contributed by atoms with Gasteiger partial charge in [-0.15, -0.1) is 0 Å². The highest BCUT2D eigenvalue weighted by Crippen LogP contribution is 2.38. The Morgan fingerprint density at radius 3 is 2.08 bits per heavy atom. The predicted octanol–water partition coefficient (Wildman–Crippen LogP) is 3.79. The number of fused-ring (bicyclic) bond motifs is 1. The van der Waals surface area contributed by atoms with E-state index < -0.39 is 23.0 Å². The molecule has 0 aromatic heterocycles. The molecule has 2 saturated carbocycles. The van der Waals surface area contributed by atoms with Gasteiger partial charge in [0.1, 0.15) is 12.3 Å². The molecule has 0 aromatic carbocycles. The van der Waals surface area contributed by atoms with Crippen LogP contribution in [-0.4, -0.2) is 71.0 Å².